The van der Waals surface area contributed by atoms with Crippen molar-refractivity contribution in [3.63, 3.8) is 0 Å². The molecule has 8 heteroatoms. The van der Waals surface area contributed by atoms with Crippen molar-refractivity contribution in [1.29, 1.82) is 0 Å². The first-order valence-electron chi connectivity index (χ1n) is 11.3. The molecule has 2 nitrogen and oxygen atoms in total. The average molecular weight is 496 g/mol. The zero-order valence-electron chi connectivity index (χ0n) is 19.2. The molecule has 0 fully saturated rings. The number of rotatable bonds is 11. The van der Waals surface area contributed by atoms with E-state index in [0.717, 1.165) is 48.9 Å². The van der Waals surface area contributed by atoms with Crippen LogP contribution in [0.2, 0.25) is 0 Å². The first kappa shape index (κ1) is 26.4. The van der Waals surface area contributed by atoms with Crippen molar-refractivity contribution < 1.29 is 35.8 Å². The number of aryl methyl sites for hydroxylation is 3. The van der Waals surface area contributed by atoms with E-state index in [1.165, 1.54) is 30.3 Å². The van der Waals surface area contributed by atoms with Crippen molar-refractivity contribution in [2.24, 2.45) is 0 Å². The number of alkyl halides is 5. The van der Waals surface area contributed by atoms with E-state index in [1.807, 2.05) is 0 Å². The molecule has 3 rings (SSSR count). The largest absolute Gasteiger partial charge is 0.573 e. The fourth-order valence-corrected chi connectivity index (χ4v) is 3.57. The van der Waals surface area contributed by atoms with Gasteiger partial charge >= 0.3 is 12.5 Å². The van der Waals surface area contributed by atoms with Crippen LogP contribution in [0.3, 0.4) is 0 Å². The second-order valence-electron chi connectivity index (χ2n) is 8.23. The van der Waals surface area contributed by atoms with E-state index < -0.39 is 24.0 Å². The maximum absolute atomic E-state index is 14.6. The Morgan fingerprint density at radius 1 is 0.657 bits per heavy atom. The molecule has 0 unspecified atom stereocenters. The van der Waals surface area contributed by atoms with Crippen LogP contribution in [0.25, 0.3) is 0 Å². The molecule has 0 aromatic heterocycles. The van der Waals surface area contributed by atoms with Crippen LogP contribution >= 0.6 is 0 Å². The third-order valence-corrected chi connectivity index (χ3v) is 5.45. The van der Waals surface area contributed by atoms with Gasteiger partial charge in [-0.15, -0.1) is 13.2 Å². The first-order chi connectivity index (χ1) is 16.6. The summed E-state index contributed by atoms with van der Waals surface area (Å²) >= 11 is 0. The summed E-state index contributed by atoms with van der Waals surface area (Å²) in [5.41, 5.74) is 2.01. The number of halogens is 6. The van der Waals surface area contributed by atoms with Crippen molar-refractivity contribution in [3.8, 4) is 11.5 Å². The molecule has 0 aliphatic rings. The van der Waals surface area contributed by atoms with E-state index in [0.29, 0.717) is 18.4 Å². The van der Waals surface area contributed by atoms with E-state index in [2.05, 4.69) is 11.7 Å². The van der Waals surface area contributed by atoms with Crippen molar-refractivity contribution in [1.82, 2.24) is 0 Å². The molecule has 188 valence electrons. The summed E-state index contributed by atoms with van der Waals surface area (Å²) in [4.78, 5) is 0. The van der Waals surface area contributed by atoms with Gasteiger partial charge in [0.1, 0.15) is 5.75 Å². The van der Waals surface area contributed by atoms with Gasteiger partial charge in [0.15, 0.2) is 11.6 Å². The molecule has 3 aromatic carbocycles. The van der Waals surface area contributed by atoms with Gasteiger partial charge in [-0.25, -0.2) is 4.39 Å². The predicted molar refractivity (Wildman–Crippen MR) is 121 cm³/mol. The Labute approximate surface area is 200 Å². The molecule has 0 aliphatic heterocycles. The quantitative estimate of drug-likeness (QED) is 0.196. The Kier molecular flexibility index (Phi) is 8.70. The normalized spacial score (nSPS) is 12.0. The maximum atomic E-state index is 14.6. The fourth-order valence-electron chi connectivity index (χ4n) is 3.57. The van der Waals surface area contributed by atoms with Gasteiger partial charge in [0.2, 0.25) is 0 Å². The Balaban J connectivity index is 1.55. The van der Waals surface area contributed by atoms with Crippen LogP contribution in [0.1, 0.15) is 48.4 Å². The second-order valence-corrected chi connectivity index (χ2v) is 8.23. The Morgan fingerprint density at radius 2 is 1.23 bits per heavy atom. The maximum Gasteiger partial charge on any atom is 0.573 e. The molecule has 3 aromatic rings. The molecule has 0 amide bonds. The lowest BCUT2D eigenvalue weighted by Gasteiger charge is -2.19. The summed E-state index contributed by atoms with van der Waals surface area (Å²) in [6.07, 6.45) is -3.66. The smallest absolute Gasteiger partial charge is 0.429 e. The number of ether oxygens (including phenoxy) is 2. The Bertz CT molecular complexity index is 1080. The SMILES string of the molecule is CCCCCc1ccc(C(F)(F)Oc2ccc(CCc3ccc(OC(F)(F)F)c(F)c3)cc2)cc1. The number of benzene rings is 3. The van der Waals surface area contributed by atoms with Crippen LogP contribution < -0.4 is 9.47 Å². The van der Waals surface area contributed by atoms with Crippen molar-refractivity contribution in [2.75, 3.05) is 0 Å². The number of unbranched alkanes of at least 4 members (excludes halogenated alkanes) is 2. The van der Waals surface area contributed by atoms with Gasteiger partial charge in [-0.05, 0) is 78.8 Å². The van der Waals surface area contributed by atoms with Gasteiger partial charge in [-0.3, -0.25) is 0 Å². The summed E-state index contributed by atoms with van der Waals surface area (Å²) in [5.74, 6) is -2.01. The standard InChI is InChI=1S/C27H26F6O2/c1-2-3-4-5-19-8-13-22(14-9-19)26(29,30)34-23-15-10-20(11-16-23)6-7-21-12-17-25(24(28)18-21)35-27(31,32)33/h8-18H,2-7H2,1H3. The molecular weight excluding hydrogens is 470 g/mol. The molecule has 0 saturated carbocycles. The van der Waals surface area contributed by atoms with E-state index >= 15 is 0 Å². The van der Waals surface area contributed by atoms with Crippen LogP contribution in [0.4, 0.5) is 26.3 Å². The highest BCUT2D eigenvalue weighted by molar-refractivity contribution is 5.32. The third-order valence-electron chi connectivity index (χ3n) is 5.45. The van der Waals surface area contributed by atoms with Gasteiger partial charge in [-0.1, -0.05) is 50.1 Å². The lowest BCUT2D eigenvalue weighted by atomic mass is 10.0. The summed E-state index contributed by atoms with van der Waals surface area (Å²) in [7, 11) is 0. The highest BCUT2D eigenvalue weighted by Crippen LogP contribution is 2.32. The third kappa shape index (κ3) is 8.23. The van der Waals surface area contributed by atoms with Gasteiger partial charge in [-0.2, -0.15) is 8.78 Å². The molecule has 0 aliphatic carbocycles. The topological polar surface area (TPSA) is 18.5 Å². The lowest BCUT2D eigenvalue weighted by Crippen LogP contribution is -2.21. The molecule has 0 radical (unpaired) electrons. The van der Waals surface area contributed by atoms with Gasteiger partial charge in [0.05, 0.1) is 5.56 Å². The van der Waals surface area contributed by atoms with Crippen LogP contribution in [0, 0.1) is 5.82 Å². The second kappa shape index (κ2) is 11.5. The van der Waals surface area contributed by atoms with Crippen molar-refractivity contribution in [2.45, 2.75) is 57.9 Å². The predicted octanol–water partition coefficient (Wildman–Crippen LogP) is 8.37. The van der Waals surface area contributed by atoms with Crippen LogP contribution in [-0.2, 0) is 25.4 Å². The van der Waals surface area contributed by atoms with Crippen LogP contribution in [0.15, 0.2) is 66.7 Å². The minimum atomic E-state index is -4.97. The molecule has 0 bridgehead atoms. The molecule has 0 N–H and O–H groups in total. The molecule has 0 spiro atoms. The van der Waals surface area contributed by atoms with E-state index in [-0.39, 0.29) is 11.3 Å². The number of hydrogen-bond acceptors (Lipinski definition) is 2. The van der Waals surface area contributed by atoms with E-state index in [9.17, 15) is 26.3 Å². The summed E-state index contributed by atoms with van der Waals surface area (Å²) in [6, 6.07) is 15.4. The van der Waals surface area contributed by atoms with E-state index in [4.69, 9.17) is 4.74 Å². The molecule has 0 saturated heterocycles. The minimum Gasteiger partial charge on any atom is -0.429 e. The molecule has 0 atom stereocenters. The minimum absolute atomic E-state index is 0.00882. The molecule has 0 heterocycles. The zero-order chi connectivity index (χ0) is 25.5. The number of hydrogen-bond donors (Lipinski definition) is 0. The molecular formula is C27H26F6O2. The summed E-state index contributed by atoms with van der Waals surface area (Å²) < 4.78 is 88.3. The fraction of sp³-hybridized carbons (Fsp3) is 0.333. The first-order valence-corrected chi connectivity index (χ1v) is 11.3. The highest BCUT2D eigenvalue weighted by Gasteiger charge is 2.34. The molecule has 35 heavy (non-hydrogen) atoms. The van der Waals surface area contributed by atoms with Gasteiger partial charge in [0.25, 0.3) is 0 Å². The lowest BCUT2D eigenvalue weighted by molar-refractivity contribution is -0.275. The highest BCUT2D eigenvalue weighted by atomic mass is 19.4. The summed E-state index contributed by atoms with van der Waals surface area (Å²) in [5, 5.41) is 0. The Hall–Kier alpha value is -3.16. The Morgan fingerprint density at radius 3 is 1.83 bits per heavy atom. The van der Waals surface area contributed by atoms with Crippen LogP contribution in [-0.4, -0.2) is 6.36 Å². The van der Waals surface area contributed by atoms with Crippen LogP contribution in [0.5, 0.6) is 11.5 Å². The van der Waals surface area contributed by atoms with Crippen molar-refractivity contribution in [3.05, 3.63) is 94.8 Å². The van der Waals surface area contributed by atoms with Gasteiger partial charge < -0.3 is 9.47 Å². The summed E-state index contributed by atoms with van der Waals surface area (Å²) in [6.45, 7) is 2.10. The van der Waals surface area contributed by atoms with Gasteiger partial charge in [0, 0.05) is 0 Å². The monoisotopic (exact) mass is 496 g/mol. The van der Waals surface area contributed by atoms with Crippen molar-refractivity contribution >= 4 is 0 Å². The van der Waals surface area contributed by atoms with E-state index in [1.54, 1.807) is 24.3 Å². The average Bonchev–Trinajstić information content (AvgIpc) is 2.80. The zero-order valence-corrected chi connectivity index (χ0v) is 19.2.